The summed E-state index contributed by atoms with van der Waals surface area (Å²) in [6.07, 6.45) is 2.07. The molecule has 1 aliphatic heterocycles. The number of hydrogen-bond donors (Lipinski definition) is 0. The molecular formula is C17H32BrNO4. The van der Waals surface area contributed by atoms with Gasteiger partial charge in [-0.05, 0) is 41.5 Å². The zero-order chi connectivity index (χ0) is 17.2. The third kappa shape index (κ3) is 8.15. The number of nitrogens with zero attached hydrogens (tertiary/aromatic N) is 1. The van der Waals surface area contributed by atoms with Crippen LogP contribution in [0.2, 0.25) is 0 Å². The highest BCUT2D eigenvalue weighted by atomic mass is 79.9. The molecule has 0 amide bonds. The van der Waals surface area contributed by atoms with E-state index in [1.807, 2.05) is 41.5 Å². The summed E-state index contributed by atoms with van der Waals surface area (Å²) in [5.74, 6) is -0.482. The fourth-order valence-electron chi connectivity index (χ4n) is 2.78. The number of quaternary nitrogens is 1. The van der Waals surface area contributed by atoms with Crippen LogP contribution >= 0.6 is 0 Å². The summed E-state index contributed by atoms with van der Waals surface area (Å²) in [7, 11) is 0. The highest BCUT2D eigenvalue weighted by Crippen LogP contribution is 2.35. The third-order valence-electron chi connectivity index (χ3n) is 3.57. The van der Waals surface area contributed by atoms with Crippen molar-refractivity contribution >= 4 is 11.9 Å². The Morgan fingerprint density at radius 1 is 0.957 bits per heavy atom. The van der Waals surface area contributed by atoms with Crippen LogP contribution in [0.5, 0.6) is 0 Å². The molecular weight excluding hydrogens is 362 g/mol. The van der Waals surface area contributed by atoms with Crippen LogP contribution in [0.3, 0.4) is 0 Å². The molecule has 0 aromatic carbocycles. The maximum Gasteiger partial charge on any atom is 0.362 e. The molecule has 136 valence electrons. The summed E-state index contributed by atoms with van der Waals surface area (Å²) >= 11 is 0. The Labute approximate surface area is 151 Å². The summed E-state index contributed by atoms with van der Waals surface area (Å²) in [6.45, 7) is 14.6. The molecule has 1 atom stereocenters. The van der Waals surface area contributed by atoms with Gasteiger partial charge in [0, 0.05) is 6.42 Å². The summed E-state index contributed by atoms with van der Waals surface area (Å²) in [4.78, 5) is 24.3. The van der Waals surface area contributed by atoms with Crippen molar-refractivity contribution in [2.75, 3.05) is 19.6 Å². The minimum atomic E-state index is -0.497. The van der Waals surface area contributed by atoms with E-state index in [0.29, 0.717) is 10.5 Å². The highest BCUT2D eigenvalue weighted by molar-refractivity contribution is 5.74. The van der Waals surface area contributed by atoms with Crippen molar-refractivity contribution in [3.8, 4) is 0 Å². The lowest BCUT2D eigenvalue weighted by atomic mass is 10.2. The van der Waals surface area contributed by atoms with E-state index in [1.54, 1.807) is 0 Å². The Bertz CT molecular complexity index is 393. The summed E-state index contributed by atoms with van der Waals surface area (Å²) in [6, 6.07) is 0.366. The number of carbonyl (C=O) groups excluding carboxylic acids is 2. The molecule has 0 bridgehead atoms. The van der Waals surface area contributed by atoms with Crippen LogP contribution < -0.4 is 17.0 Å². The molecule has 1 heterocycles. The first-order valence-electron chi connectivity index (χ1n) is 8.16. The van der Waals surface area contributed by atoms with Gasteiger partial charge in [-0.3, -0.25) is 4.48 Å². The monoisotopic (exact) mass is 393 g/mol. The molecule has 0 saturated carbocycles. The van der Waals surface area contributed by atoms with Gasteiger partial charge in [-0.15, -0.1) is 0 Å². The number of halogens is 1. The second-order valence-electron chi connectivity index (χ2n) is 8.33. The normalized spacial score (nSPS) is 19.5. The lowest BCUT2D eigenvalue weighted by Crippen LogP contribution is -3.00. The molecule has 6 heteroatoms. The minimum absolute atomic E-state index is 0. The van der Waals surface area contributed by atoms with Crippen molar-refractivity contribution in [3.05, 3.63) is 0 Å². The van der Waals surface area contributed by atoms with Gasteiger partial charge in [0.15, 0.2) is 13.1 Å². The molecule has 1 saturated heterocycles. The maximum atomic E-state index is 12.1. The average molecular weight is 394 g/mol. The van der Waals surface area contributed by atoms with Crippen molar-refractivity contribution in [3.63, 3.8) is 0 Å². The predicted octanol–water partition coefficient (Wildman–Crippen LogP) is -0.327. The first-order chi connectivity index (χ1) is 9.87. The molecule has 5 nitrogen and oxygen atoms in total. The lowest BCUT2D eigenvalue weighted by Gasteiger charge is -2.25. The largest absolute Gasteiger partial charge is 1.00 e. The lowest BCUT2D eigenvalue weighted by molar-refractivity contribution is -0.798. The zero-order valence-corrected chi connectivity index (χ0v) is 17.2. The second-order valence-corrected chi connectivity index (χ2v) is 8.33. The molecule has 1 rings (SSSR count). The Kier molecular flexibility index (Phi) is 7.75. The molecule has 1 fully saturated rings. The van der Waals surface area contributed by atoms with Gasteiger partial charge in [-0.1, -0.05) is 13.3 Å². The van der Waals surface area contributed by atoms with Crippen LogP contribution in [-0.2, 0) is 19.1 Å². The van der Waals surface area contributed by atoms with E-state index in [1.165, 1.54) is 0 Å². The van der Waals surface area contributed by atoms with Crippen molar-refractivity contribution in [2.45, 2.75) is 78.6 Å². The van der Waals surface area contributed by atoms with Gasteiger partial charge in [-0.2, -0.15) is 0 Å². The second kappa shape index (κ2) is 7.97. The van der Waals surface area contributed by atoms with Crippen molar-refractivity contribution in [2.24, 2.45) is 0 Å². The summed E-state index contributed by atoms with van der Waals surface area (Å²) < 4.78 is 11.3. The number of esters is 2. The topological polar surface area (TPSA) is 52.6 Å². The average Bonchev–Trinajstić information content (AvgIpc) is 2.83. The van der Waals surface area contributed by atoms with E-state index in [9.17, 15) is 9.59 Å². The Hall–Kier alpha value is -0.620. The fourth-order valence-corrected chi connectivity index (χ4v) is 2.78. The molecule has 0 aromatic heterocycles. The van der Waals surface area contributed by atoms with E-state index in [4.69, 9.17) is 9.47 Å². The van der Waals surface area contributed by atoms with E-state index < -0.39 is 11.2 Å². The van der Waals surface area contributed by atoms with Crippen LogP contribution in [0.4, 0.5) is 0 Å². The molecule has 0 aliphatic carbocycles. The zero-order valence-electron chi connectivity index (χ0n) is 15.6. The number of carbonyl (C=O) groups is 2. The van der Waals surface area contributed by atoms with Crippen LogP contribution in [0.25, 0.3) is 0 Å². The smallest absolute Gasteiger partial charge is 0.362 e. The van der Waals surface area contributed by atoms with Crippen LogP contribution in [0.1, 0.15) is 61.3 Å². The van der Waals surface area contributed by atoms with Gasteiger partial charge in [0.25, 0.3) is 0 Å². The Morgan fingerprint density at radius 2 is 1.35 bits per heavy atom. The number of ether oxygens (including phenoxy) is 2. The quantitative estimate of drug-likeness (QED) is 0.352. The first kappa shape index (κ1) is 22.4. The van der Waals surface area contributed by atoms with Gasteiger partial charge in [-0.25, -0.2) is 9.59 Å². The maximum absolute atomic E-state index is 12.1. The van der Waals surface area contributed by atoms with E-state index in [-0.39, 0.29) is 42.0 Å². The van der Waals surface area contributed by atoms with Gasteiger partial charge in [0.2, 0.25) is 0 Å². The number of rotatable bonds is 6. The van der Waals surface area contributed by atoms with E-state index in [0.717, 1.165) is 19.4 Å². The molecule has 0 unspecified atom stereocenters. The molecule has 0 N–H and O–H groups in total. The number of hydrogen-bond acceptors (Lipinski definition) is 4. The van der Waals surface area contributed by atoms with Crippen LogP contribution in [0, 0.1) is 0 Å². The molecule has 0 radical (unpaired) electrons. The first-order valence-corrected chi connectivity index (χ1v) is 8.16. The SMILES string of the molecule is CCC[C@H]1C[N+]1(CC(=O)OC(C)(C)C)CC(=O)OC(C)(C)C.[Br-]. The standard InChI is InChI=1S/C17H32NO4.BrH/c1-8-9-13-10-18(13,11-14(19)21-16(2,3)4)12-15(20)22-17(5,6)7;/h13H,8-12H2,1-7H3;1H/q+1;/p-1/t13-;/m0./s1. The third-order valence-corrected chi connectivity index (χ3v) is 3.57. The van der Waals surface area contributed by atoms with Crippen LogP contribution in [0.15, 0.2) is 0 Å². The van der Waals surface area contributed by atoms with Crippen LogP contribution in [-0.4, -0.2) is 53.3 Å². The van der Waals surface area contributed by atoms with Crippen molar-refractivity contribution in [1.82, 2.24) is 0 Å². The van der Waals surface area contributed by atoms with E-state index >= 15 is 0 Å². The van der Waals surface area contributed by atoms with Crippen molar-refractivity contribution in [1.29, 1.82) is 0 Å². The minimum Gasteiger partial charge on any atom is -1.00 e. The molecule has 1 aliphatic rings. The molecule has 0 spiro atoms. The Morgan fingerprint density at radius 3 is 1.65 bits per heavy atom. The van der Waals surface area contributed by atoms with Gasteiger partial charge in [0.05, 0.1) is 0 Å². The molecule has 0 aromatic rings. The van der Waals surface area contributed by atoms with E-state index in [2.05, 4.69) is 6.92 Å². The molecule has 23 heavy (non-hydrogen) atoms. The summed E-state index contributed by atoms with van der Waals surface area (Å²) in [5.41, 5.74) is -0.994. The highest BCUT2D eigenvalue weighted by Gasteiger charge is 2.57. The van der Waals surface area contributed by atoms with Gasteiger partial charge < -0.3 is 26.5 Å². The van der Waals surface area contributed by atoms with Crippen molar-refractivity contribution < 1.29 is 40.5 Å². The predicted molar refractivity (Wildman–Crippen MR) is 85.2 cm³/mol. The summed E-state index contributed by atoms with van der Waals surface area (Å²) in [5, 5.41) is 0. The Balaban J connectivity index is 0.00000484. The van der Waals surface area contributed by atoms with Gasteiger partial charge >= 0.3 is 11.9 Å². The van der Waals surface area contributed by atoms with Gasteiger partial charge in [0.1, 0.15) is 23.8 Å². The fraction of sp³-hybridized carbons (Fsp3) is 0.882.